The quantitative estimate of drug-likeness (QED) is 0.756. The van der Waals surface area contributed by atoms with Crippen molar-refractivity contribution in [3.63, 3.8) is 0 Å². The number of piperazine rings is 1. The average molecular weight is 379 g/mol. The Morgan fingerprint density at radius 3 is 2.37 bits per heavy atom. The zero-order chi connectivity index (χ0) is 19.7. The van der Waals surface area contributed by atoms with E-state index in [0.717, 1.165) is 6.42 Å². The maximum atomic E-state index is 12.9. The number of nitrogens with zero attached hydrogens (tertiary/aromatic N) is 5. The van der Waals surface area contributed by atoms with Crippen LogP contribution in [-0.4, -0.2) is 68.7 Å². The van der Waals surface area contributed by atoms with Crippen LogP contribution in [0.25, 0.3) is 0 Å². The van der Waals surface area contributed by atoms with Gasteiger partial charge in [-0.25, -0.2) is 9.48 Å². The van der Waals surface area contributed by atoms with Gasteiger partial charge in [0.15, 0.2) is 5.82 Å². The zero-order valence-corrected chi connectivity index (χ0v) is 16.6. The van der Waals surface area contributed by atoms with Gasteiger partial charge in [0, 0.05) is 46.3 Å². The van der Waals surface area contributed by atoms with Crippen molar-refractivity contribution in [3.8, 4) is 0 Å². The number of amides is 2. The lowest BCUT2D eigenvalue weighted by molar-refractivity contribution is -0.140. The highest BCUT2D eigenvalue weighted by Gasteiger charge is 2.34. The van der Waals surface area contributed by atoms with Crippen LogP contribution in [0.1, 0.15) is 52.1 Å². The second kappa shape index (κ2) is 7.84. The van der Waals surface area contributed by atoms with Gasteiger partial charge in [-0.05, 0) is 26.2 Å². The highest BCUT2D eigenvalue weighted by atomic mass is 16.5. The first-order valence-corrected chi connectivity index (χ1v) is 9.70. The Labute approximate surface area is 158 Å². The average Bonchev–Trinajstić information content (AvgIpc) is 3.23. The molecule has 0 radical (unpaired) electrons. The van der Waals surface area contributed by atoms with Gasteiger partial charge in [-0.1, -0.05) is 6.92 Å². The van der Waals surface area contributed by atoms with E-state index in [4.69, 9.17) is 4.74 Å². The Kier molecular flexibility index (Phi) is 5.69. The van der Waals surface area contributed by atoms with Crippen LogP contribution in [0.3, 0.4) is 0 Å². The fourth-order valence-corrected chi connectivity index (χ4v) is 3.82. The Hall–Kier alpha value is -2.16. The molecule has 0 saturated carbocycles. The van der Waals surface area contributed by atoms with Gasteiger partial charge in [0.25, 0.3) is 0 Å². The van der Waals surface area contributed by atoms with Crippen molar-refractivity contribution in [3.05, 3.63) is 16.3 Å². The third kappa shape index (κ3) is 3.65. The van der Waals surface area contributed by atoms with Gasteiger partial charge in [-0.2, -0.15) is 5.10 Å². The number of hydrogen-bond acceptors (Lipinski definition) is 5. The van der Waals surface area contributed by atoms with Gasteiger partial charge in [-0.15, -0.1) is 0 Å². The van der Waals surface area contributed by atoms with E-state index >= 15 is 0 Å². The monoisotopic (exact) mass is 379 g/mol. The predicted molar refractivity (Wildman–Crippen MR) is 98.2 cm³/mol. The van der Waals surface area contributed by atoms with Crippen LogP contribution in [0.15, 0.2) is 4.79 Å². The summed E-state index contributed by atoms with van der Waals surface area (Å²) in [5.41, 5.74) is -0.279. The van der Waals surface area contributed by atoms with Crippen molar-refractivity contribution in [2.45, 2.75) is 52.8 Å². The molecule has 9 heteroatoms. The Morgan fingerprint density at radius 1 is 1.22 bits per heavy atom. The van der Waals surface area contributed by atoms with Crippen molar-refractivity contribution in [1.82, 2.24) is 24.1 Å². The summed E-state index contributed by atoms with van der Waals surface area (Å²) in [6, 6.07) is -0.690. The summed E-state index contributed by atoms with van der Waals surface area (Å²) in [4.78, 5) is 40.6. The van der Waals surface area contributed by atoms with E-state index in [2.05, 4.69) is 12.0 Å². The molecular formula is C18H29N5O4. The lowest BCUT2D eigenvalue weighted by Crippen LogP contribution is -2.52. The third-order valence-electron chi connectivity index (χ3n) is 5.63. The molecule has 2 amide bonds. The second-order valence-corrected chi connectivity index (χ2v) is 7.39. The van der Waals surface area contributed by atoms with Crippen molar-refractivity contribution >= 4 is 11.8 Å². The highest BCUT2D eigenvalue weighted by molar-refractivity contribution is 5.80. The topological polar surface area (TPSA) is 89.7 Å². The number of hydrogen-bond donors (Lipinski definition) is 0. The Morgan fingerprint density at radius 2 is 1.85 bits per heavy atom. The normalized spacial score (nSPS) is 24.3. The summed E-state index contributed by atoms with van der Waals surface area (Å²) in [6.07, 6.45) is 0.727. The zero-order valence-electron chi connectivity index (χ0n) is 16.6. The van der Waals surface area contributed by atoms with E-state index in [0.29, 0.717) is 45.2 Å². The van der Waals surface area contributed by atoms with Gasteiger partial charge in [0.1, 0.15) is 12.1 Å². The smallest absolute Gasteiger partial charge is 0.346 e. The molecule has 3 heterocycles. The fraction of sp³-hybridized carbons (Fsp3) is 0.778. The lowest BCUT2D eigenvalue weighted by atomic mass is 10.0. The summed E-state index contributed by atoms with van der Waals surface area (Å²) >= 11 is 0. The summed E-state index contributed by atoms with van der Waals surface area (Å²) in [6.45, 7) is 10.3. The van der Waals surface area contributed by atoms with Crippen molar-refractivity contribution in [1.29, 1.82) is 0 Å². The van der Waals surface area contributed by atoms with Crippen molar-refractivity contribution < 1.29 is 14.3 Å². The molecule has 2 aliphatic heterocycles. The minimum Gasteiger partial charge on any atom is -0.370 e. The van der Waals surface area contributed by atoms with Crippen LogP contribution in [0, 0.1) is 5.92 Å². The molecule has 2 aliphatic rings. The van der Waals surface area contributed by atoms with E-state index in [1.54, 1.807) is 21.3 Å². The minimum absolute atomic E-state index is 0.0170. The summed E-state index contributed by atoms with van der Waals surface area (Å²) in [5.74, 6) is 0.765. The highest BCUT2D eigenvalue weighted by Crippen LogP contribution is 2.32. The van der Waals surface area contributed by atoms with Gasteiger partial charge in [-0.3, -0.25) is 14.2 Å². The fourth-order valence-electron chi connectivity index (χ4n) is 3.82. The van der Waals surface area contributed by atoms with Gasteiger partial charge >= 0.3 is 5.69 Å². The molecule has 0 N–H and O–H groups in total. The van der Waals surface area contributed by atoms with Crippen LogP contribution < -0.4 is 5.69 Å². The molecule has 150 valence electrons. The maximum absolute atomic E-state index is 12.9. The van der Waals surface area contributed by atoms with Crippen LogP contribution in [0.2, 0.25) is 0 Å². The molecule has 1 aromatic rings. The first-order valence-electron chi connectivity index (χ1n) is 9.70. The number of rotatable bonds is 4. The SMILES string of the molecule is CCn1c([C@H]2OCC[C@H]2C)nn([C@H](C)C(=O)N2CCN(C(C)=O)CC2)c1=O. The summed E-state index contributed by atoms with van der Waals surface area (Å²) in [7, 11) is 0. The number of aromatic nitrogens is 3. The third-order valence-corrected chi connectivity index (χ3v) is 5.63. The van der Waals surface area contributed by atoms with Gasteiger partial charge < -0.3 is 14.5 Å². The molecule has 2 fully saturated rings. The number of ether oxygens (including phenoxy) is 1. The van der Waals surface area contributed by atoms with E-state index in [-0.39, 0.29) is 29.5 Å². The molecule has 27 heavy (non-hydrogen) atoms. The van der Waals surface area contributed by atoms with E-state index in [1.165, 1.54) is 11.6 Å². The molecular weight excluding hydrogens is 350 g/mol. The van der Waals surface area contributed by atoms with Gasteiger partial charge in [0.05, 0.1) is 0 Å². The van der Waals surface area contributed by atoms with Gasteiger partial charge in [0.2, 0.25) is 11.8 Å². The molecule has 0 spiro atoms. The molecule has 0 bridgehead atoms. The largest absolute Gasteiger partial charge is 0.370 e. The maximum Gasteiger partial charge on any atom is 0.346 e. The number of carbonyl (C=O) groups excluding carboxylic acids is 2. The molecule has 1 aromatic heterocycles. The summed E-state index contributed by atoms with van der Waals surface area (Å²) < 4.78 is 8.67. The Balaban J connectivity index is 1.79. The van der Waals surface area contributed by atoms with E-state index in [9.17, 15) is 14.4 Å². The molecule has 3 atom stereocenters. The minimum atomic E-state index is -0.690. The van der Waals surface area contributed by atoms with Crippen molar-refractivity contribution in [2.24, 2.45) is 5.92 Å². The van der Waals surface area contributed by atoms with Crippen LogP contribution in [0.5, 0.6) is 0 Å². The number of carbonyl (C=O) groups is 2. The van der Waals surface area contributed by atoms with E-state index in [1.807, 2.05) is 6.92 Å². The second-order valence-electron chi connectivity index (χ2n) is 7.39. The molecule has 0 aromatic carbocycles. The predicted octanol–water partition coefficient (Wildman–Crippen LogP) is 0.414. The standard InChI is InChI=1S/C18H29N5O4/c1-5-22-16(15-12(2)6-11-27-15)19-23(18(22)26)13(3)17(25)21-9-7-20(8-10-21)14(4)24/h12-13,15H,5-11H2,1-4H3/t12-,13-,15+/m1/s1. The molecule has 9 nitrogen and oxygen atoms in total. The molecule has 2 saturated heterocycles. The van der Waals surface area contributed by atoms with E-state index < -0.39 is 6.04 Å². The first kappa shape index (κ1) is 19.6. The van der Waals surface area contributed by atoms with Crippen molar-refractivity contribution in [2.75, 3.05) is 32.8 Å². The van der Waals surface area contributed by atoms with Crippen LogP contribution in [-0.2, 0) is 20.9 Å². The molecule has 3 rings (SSSR count). The first-order chi connectivity index (χ1) is 12.8. The Bertz CT molecular complexity index is 762. The molecule has 0 aliphatic carbocycles. The van der Waals surface area contributed by atoms with Crippen LogP contribution >= 0.6 is 0 Å². The molecule has 0 unspecified atom stereocenters. The summed E-state index contributed by atoms with van der Waals surface area (Å²) in [5, 5.41) is 4.50. The van der Waals surface area contributed by atoms with Crippen LogP contribution in [0.4, 0.5) is 0 Å². The lowest BCUT2D eigenvalue weighted by Gasteiger charge is -2.35.